The van der Waals surface area contributed by atoms with Gasteiger partial charge < -0.3 is 28.6 Å². The van der Waals surface area contributed by atoms with Crippen molar-refractivity contribution in [3.8, 4) is 0 Å². The number of carbonyl (C=O) groups excluding carboxylic acids is 1. The molecule has 0 amide bonds. The van der Waals surface area contributed by atoms with Crippen molar-refractivity contribution in [2.75, 3.05) is 79.8 Å². The second-order valence-electron chi connectivity index (χ2n) is 5.10. The van der Waals surface area contributed by atoms with Gasteiger partial charge in [0.25, 0.3) is 0 Å². The van der Waals surface area contributed by atoms with E-state index in [0.717, 1.165) is 30.8 Å². The van der Waals surface area contributed by atoms with Gasteiger partial charge in [0.1, 0.15) is 13.1 Å². The van der Waals surface area contributed by atoms with E-state index < -0.39 is 5.97 Å². The zero-order valence-corrected chi connectivity index (χ0v) is 14.9. The Kier molecular flexibility index (Phi) is 17.5. The van der Waals surface area contributed by atoms with Gasteiger partial charge in [-0.15, -0.1) is 0 Å². The van der Waals surface area contributed by atoms with Gasteiger partial charge in [-0.3, -0.25) is 0 Å². The van der Waals surface area contributed by atoms with Crippen molar-refractivity contribution in [3.05, 3.63) is 0 Å². The van der Waals surface area contributed by atoms with Crippen LogP contribution in [0.25, 0.3) is 0 Å². The van der Waals surface area contributed by atoms with Gasteiger partial charge >= 0.3 is 0 Å². The van der Waals surface area contributed by atoms with Gasteiger partial charge in [-0.05, 0) is 18.4 Å². The molecule has 0 N–H and O–H groups in total. The van der Waals surface area contributed by atoms with E-state index >= 15 is 0 Å². The lowest BCUT2D eigenvalue weighted by Gasteiger charge is -2.29. The van der Waals surface area contributed by atoms with Crippen molar-refractivity contribution in [2.24, 2.45) is 0 Å². The SMILES string of the molecule is COCCOCC[N+](C)(C)CCOC.CSCCC(=O)[O-]. The Bertz CT molecular complexity index is 239. The molecule has 0 atom stereocenters. The number of carboxylic acid groups (broad SMARTS) is 1. The summed E-state index contributed by atoms with van der Waals surface area (Å²) >= 11 is 1.51. The van der Waals surface area contributed by atoms with Gasteiger partial charge in [-0.2, -0.15) is 11.8 Å². The number of ether oxygens (including phenoxy) is 3. The second kappa shape index (κ2) is 16.0. The number of carbonyl (C=O) groups is 1. The first kappa shape index (κ1) is 22.9. The Morgan fingerprint density at radius 3 is 2.05 bits per heavy atom. The van der Waals surface area contributed by atoms with Gasteiger partial charge in [0.2, 0.25) is 0 Å². The molecule has 0 radical (unpaired) electrons. The number of aliphatic carboxylic acids is 1. The van der Waals surface area contributed by atoms with Gasteiger partial charge in [0, 0.05) is 20.2 Å². The van der Waals surface area contributed by atoms with Crippen molar-refractivity contribution >= 4 is 17.7 Å². The number of nitrogens with zero attached hydrogens (tertiary/aromatic N) is 1. The molecule has 0 aromatic heterocycles. The van der Waals surface area contributed by atoms with Crippen LogP contribution in [0.2, 0.25) is 0 Å². The first-order chi connectivity index (χ1) is 9.89. The smallest absolute Gasteiger partial charge is 0.102 e. The van der Waals surface area contributed by atoms with Crippen LogP contribution in [-0.2, 0) is 19.0 Å². The summed E-state index contributed by atoms with van der Waals surface area (Å²) in [5.41, 5.74) is 0. The van der Waals surface area contributed by atoms with Gasteiger partial charge in [-0.1, -0.05) is 0 Å². The van der Waals surface area contributed by atoms with E-state index in [0.29, 0.717) is 19.0 Å². The summed E-state index contributed by atoms with van der Waals surface area (Å²) < 4.78 is 16.3. The average molecular weight is 325 g/mol. The maximum Gasteiger partial charge on any atom is 0.102 e. The zero-order valence-electron chi connectivity index (χ0n) is 14.1. The highest BCUT2D eigenvalue weighted by Crippen LogP contribution is 1.96. The number of rotatable bonds is 12. The van der Waals surface area contributed by atoms with Crippen LogP contribution in [0.15, 0.2) is 0 Å². The summed E-state index contributed by atoms with van der Waals surface area (Å²) in [6, 6.07) is 0. The largest absolute Gasteiger partial charge is 0.550 e. The van der Waals surface area contributed by atoms with Gasteiger partial charge in [0.05, 0.1) is 40.5 Å². The summed E-state index contributed by atoms with van der Waals surface area (Å²) in [4.78, 5) is 9.63. The Hall–Kier alpha value is -0.340. The van der Waals surface area contributed by atoms with Crippen LogP contribution in [0, 0.1) is 0 Å². The normalized spacial score (nSPS) is 10.9. The van der Waals surface area contributed by atoms with Crippen LogP contribution in [0.4, 0.5) is 0 Å². The molecule has 6 nitrogen and oxygen atoms in total. The minimum absolute atomic E-state index is 0.168. The minimum Gasteiger partial charge on any atom is -0.550 e. The Morgan fingerprint density at radius 2 is 1.62 bits per heavy atom. The Labute approximate surface area is 133 Å². The van der Waals surface area contributed by atoms with Crippen molar-refractivity contribution in [2.45, 2.75) is 6.42 Å². The molecule has 0 aliphatic rings. The van der Waals surface area contributed by atoms with E-state index in [1.807, 2.05) is 6.26 Å². The highest BCUT2D eigenvalue weighted by Gasteiger charge is 2.13. The molecule has 0 saturated heterocycles. The summed E-state index contributed by atoms with van der Waals surface area (Å²) in [5.74, 6) is -0.308. The van der Waals surface area contributed by atoms with Crippen molar-refractivity contribution < 1.29 is 28.6 Å². The van der Waals surface area contributed by atoms with Crippen molar-refractivity contribution in [3.63, 3.8) is 0 Å². The highest BCUT2D eigenvalue weighted by atomic mass is 32.2. The maximum atomic E-state index is 9.63. The number of thioether (sulfide) groups is 1. The van der Waals surface area contributed by atoms with Gasteiger partial charge in [0.15, 0.2) is 0 Å². The predicted molar refractivity (Wildman–Crippen MR) is 84.4 cm³/mol. The average Bonchev–Trinajstić information content (AvgIpc) is 2.43. The number of likely N-dealkylation sites (N-methyl/N-ethyl adjacent to an activating group) is 1. The Morgan fingerprint density at radius 1 is 1.05 bits per heavy atom. The number of hydrogen-bond acceptors (Lipinski definition) is 6. The quantitative estimate of drug-likeness (QED) is 0.368. The summed E-state index contributed by atoms with van der Waals surface area (Å²) in [6.07, 6.45) is 2.03. The molecular formula is C14H31NO5S. The van der Waals surface area contributed by atoms with E-state index in [1.54, 1.807) is 14.2 Å². The maximum absolute atomic E-state index is 9.63. The fourth-order valence-electron chi connectivity index (χ4n) is 1.19. The highest BCUT2D eigenvalue weighted by molar-refractivity contribution is 7.98. The Balaban J connectivity index is 0. The molecule has 0 unspecified atom stereocenters. The summed E-state index contributed by atoms with van der Waals surface area (Å²) in [5, 5.41) is 9.63. The third-order valence-electron chi connectivity index (χ3n) is 2.68. The molecule has 0 rings (SSSR count). The molecular weight excluding hydrogens is 294 g/mol. The molecule has 0 bridgehead atoms. The molecule has 0 aromatic rings. The molecule has 21 heavy (non-hydrogen) atoms. The monoisotopic (exact) mass is 325 g/mol. The van der Waals surface area contributed by atoms with E-state index in [9.17, 15) is 9.90 Å². The third kappa shape index (κ3) is 22.1. The molecule has 0 aromatic carbocycles. The molecule has 7 heteroatoms. The second-order valence-corrected chi connectivity index (χ2v) is 6.08. The lowest BCUT2D eigenvalue weighted by Crippen LogP contribution is -2.44. The van der Waals surface area contributed by atoms with Gasteiger partial charge in [-0.25, -0.2) is 0 Å². The molecule has 0 aliphatic heterocycles. The van der Waals surface area contributed by atoms with E-state index in [1.165, 1.54) is 11.8 Å². The van der Waals surface area contributed by atoms with Crippen LogP contribution in [-0.4, -0.2) is 90.3 Å². The summed E-state index contributed by atoms with van der Waals surface area (Å²) in [7, 11) is 7.77. The van der Waals surface area contributed by atoms with E-state index in [2.05, 4.69) is 14.1 Å². The number of hydrogen-bond donors (Lipinski definition) is 0. The van der Waals surface area contributed by atoms with Crippen LogP contribution >= 0.6 is 11.8 Å². The molecule has 0 spiro atoms. The standard InChI is InChI=1S/C10H24NO3.C4H8O2S/c1-11(2,5-7-12-3)6-8-14-10-9-13-4;1-7-3-2-4(5)6/h5-10H2,1-4H3;2-3H2,1H3,(H,5,6)/q+1;/p-1. The topological polar surface area (TPSA) is 67.8 Å². The first-order valence-electron chi connectivity index (χ1n) is 6.96. The first-order valence-corrected chi connectivity index (χ1v) is 8.35. The lowest BCUT2D eigenvalue weighted by atomic mass is 10.4. The molecule has 0 heterocycles. The molecule has 0 fully saturated rings. The summed E-state index contributed by atoms with van der Waals surface area (Å²) in [6.45, 7) is 4.95. The van der Waals surface area contributed by atoms with Crippen LogP contribution in [0.5, 0.6) is 0 Å². The van der Waals surface area contributed by atoms with Crippen molar-refractivity contribution in [1.29, 1.82) is 0 Å². The fourth-order valence-corrected chi connectivity index (χ4v) is 1.56. The third-order valence-corrected chi connectivity index (χ3v) is 3.30. The zero-order chi connectivity index (χ0) is 16.6. The van der Waals surface area contributed by atoms with E-state index in [-0.39, 0.29) is 6.42 Å². The number of quaternary nitrogens is 1. The lowest BCUT2D eigenvalue weighted by molar-refractivity contribution is -0.891. The van der Waals surface area contributed by atoms with Crippen LogP contribution in [0.3, 0.4) is 0 Å². The van der Waals surface area contributed by atoms with Crippen molar-refractivity contribution in [1.82, 2.24) is 0 Å². The minimum atomic E-state index is -0.964. The molecule has 0 aliphatic carbocycles. The van der Waals surface area contributed by atoms with E-state index in [4.69, 9.17) is 14.2 Å². The van der Waals surface area contributed by atoms with Crippen LogP contribution < -0.4 is 5.11 Å². The fraction of sp³-hybridized carbons (Fsp3) is 0.929. The molecule has 0 saturated carbocycles. The number of methoxy groups -OCH3 is 2. The predicted octanol–water partition coefficient (Wildman–Crippen LogP) is -0.138. The van der Waals surface area contributed by atoms with Crippen LogP contribution in [0.1, 0.15) is 6.42 Å². The number of carboxylic acids is 1. The molecule has 128 valence electrons.